The van der Waals surface area contributed by atoms with E-state index in [4.69, 9.17) is 14.2 Å². The van der Waals surface area contributed by atoms with Crippen LogP contribution in [0, 0.1) is 0 Å². The van der Waals surface area contributed by atoms with E-state index in [2.05, 4.69) is 25.0 Å². The molecule has 1 amide bonds. The Labute approximate surface area is 192 Å². The van der Waals surface area contributed by atoms with Gasteiger partial charge in [0.25, 0.3) is 0 Å². The number of aromatic nitrogens is 3. The van der Waals surface area contributed by atoms with Gasteiger partial charge in [-0.05, 0) is 23.3 Å². The molecule has 0 aliphatic carbocycles. The number of fused-ring (bicyclic) bond motifs is 2. The molecular weight excluding hydrogens is 422 g/mol. The van der Waals surface area contributed by atoms with Crippen LogP contribution in [0.15, 0.2) is 42.5 Å². The molecule has 1 N–H and O–H groups in total. The number of methoxy groups -OCH3 is 1. The van der Waals surface area contributed by atoms with Crippen molar-refractivity contribution in [3.8, 4) is 17.2 Å². The van der Waals surface area contributed by atoms with Crippen molar-refractivity contribution in [3.05, 3.63) is 65.2 Å². The fourth-order valence-corrected chi connectivity index (χ4v) is 4.27. The van der Waals surface area contributed by atoms with Crippen molar-refractivity contribution in [2.24, 2.45) is 0 Å². The molecule has 0 spiro atoms. The molecule has 0 radical (unpaired) electrons. The van der Waals surface area contributed by atoms with Crippen LogP contribution in [-0.2, 0) is 37.3 Å². The van der Waals surface area contributed by atoms with Crippen molar-refractivity contribution < 1.29 is 19.0 Å². The molecule has 1 aromatic heterocycles. The Bertz CT molecular complexity index is 1130. The minimum absolute atomic E-state index is 0.0226. The molecule has 2 aromatic carbocycles. The van der Waals surface area contributed by atoms with Crippen molar-refractivity contribution in [1.29, 1.82) is 0 Å². The standard InChI is InChI=1S/C24H27N5O4/c1-31-19-11-18(12-20-24(19)33-16-32-20)15-28-8-7-21-26-27-22(29(21)10-9-28)14-25-23(30)13-17-5-3-2-4-6-17/h2-6,11-12H,7-10,13-16H2,1H3,(H,25,30). The minimum Gasteiger partial charge on any atom is -0.493 e. The Morgan fingerprint density at radius 2 is 1.97 bits per heavy atom. The van der Waals surface area contributed by atoms with Crippen LogP contribution in [0.25, 0.3) is 0 Å². The van der Waals surface area contributed by atoms with E-state index in [1.165, 1.54) is 0 Å². The van der Waals surface area contributed by atoms with Gasteiger partial charge in [0, 0.05) is 32.6 Å². The number of amides is 1. The quantitative estimate of drug-likeness (QED) is 0.589. The van der Waals surface area contributed by atoms with E-state index in [1.807, 2.05) is 42.5 Å². The third kappa shape index (κ3) is 4.78. The Hall–Kier alpha value is -3.59. The van der Waals surface area contributed by atoms with Gasteiger partial charge in [0.1, 0.15) is 5.82 Å². The van der Waals surface area contributed by atoms with E-state index >= 15 is 0 Å². The molecule has 0 saturated heterocycles. The molecule has 5 rings (SSSR count). The van der Waals surface area contributed by atoms with Crippen molar-refractivity contribution in [2.45, 2.75) is 32.5 Å². The largest absolute Gasteiger partial charge is 0.493 e. The smallest absolute Gasteiger partial charge is 0.231 e. The van der Waals surface area contributed by atoms with E-state index in [9.17, 15) is 4.79 Å². The molecule has 3 aromatic rings. The first kappa shape index (κ1) is 21.3. The van der Waals surface area contributed by atoms with Crippen LogP contribution in [0.3, 0.4) is 0 Å². The average Bonchev–Trinajstić information content (AvgIpc) is 3.41. The number of rotatable bonds is 7. The zero-order valence-corrected chi connectivity index (χ0v) is 18.6. The van der Waals surface area contributed by atoms with E-state index < -0.39 is 0 Å². The first-order valence-corrected chi connectivity index (χ1v) is 11.1. The molecule has 2 aliphatic rings. The number of carbonyl (C=O) groups excluding carboxylic acids is 1. The van der Waals surface area contributed by atoms with Gasteiger partial charge in [-0.15, -0.1) is 10.2 Å². The number of benzene rings is 2. The van der Waals surface area contributed by atoms with Gasteiger partial charge < -0.3 is 24.1 Å². The van der Waals surface area contributed by atoms with Gasteiger partial charge in [0.2, 0.25) is 18.4 Å². The summed E-state index contributed by atoms with van der Waals surface area (Å²) in [6, 6.07) is 13.7. The second-order valence-corrected chi connectivity index (χ2v) is 8.18. The van der Waals surface area contributed by atoms with Crippen LogP contribution in [0.1, 0.15) is 22.8 Å². The Morgan fingerprint density at radius 1 is 1.09 bits per heavy atom. The minimum atomic E-state index is -0.0226. The maximum atomic E-state index is 12.3. The van der Waals surface area contributed by atoms with E-state index in [1.54, 1.807) is 7.11 Å². The Morgan fingerprint density at radius 3 is 2.82 bits per heavy atom. The molecule has 0 atom stereocenters. The average molecular weight is 450 g/mol. The summed E-state index contributed by atoms with van der Waals surface area (Å²) < 4.78 is 18.6. The van der Waals surface area contributed by atoms with Crippen LogP contribution < -0.4 is 19.5 Å². The molecule has 9 nitrogen and oxygen atoms in total. The van der Waals surface area contributed by atoms with E-state index in [0.717, 1.165) is 61.1 Å². The molecule has 2 aliphatic heterocycles. The summed E-state index contributed by atoms with van der Waals surface area (Å²) in [5.74, 6) is 3.81. The highest BCUT2D eigenvalue weighted by atomic mass is 16.7. The molecule has 0 saturated carbocycles. The van der Waals surface area contributed by atoms with Gasteiger partial charge in [-0.2, -0.15) is 0 Å². The first-order chi connectivity index (χ1) is 16.2. The molecule has 0 unspecified atom stereocenters. The van der Waals surface area contributed by atoms with Gasteiger partial charge in [-0.3, -0.25) is 9.69 Å². The summed E-state index contributed by atoms with van der Waals surface area (Å²) in [4.78, 5) is 14.7. The molecule has 0 bridgehead atoms. The lowest BCUT2D eigenvalue weighted by molar-refractivity contribution is -0.120. The molecule has 3 heterocycles. The van der Waals surface area contributed by atoms with Crippen LogP contribution in [0.4, 0.5) is 0 Å². The van der Waals surface area contributed by atoms with E-state index in [-0.39, 0.29) is 12.7 Å². The number of carbonyl (C=O) groups is 1. The molecular formula is C24H27N5O4. The highest BCUT2D eigenvalue weighted by Crippen LogP contribution is 2.42. The maximum absolute atomic E-state index is 12.3. The summed E-state index contributed by atoms with van der Waals surface area (Å²) in [6.07, 6.45) is 1.15. The maximum Gasteiger partial charge on any atom is 0.231 e. The van der Waals surface area contributed by atoms with Gasteiger partial charge in [-0.1, -0.05) is 30.3 Å². The second kappa shape index (κ2) is 9.50. The third-order valence-corrected chi connectivity index (χ3v) is 5.97. The lowest BCUT2D eigenvalue weighted by atomic mass is 10.1. The van der Waals surface area contributed by atoms with Crippen LogP contribution in [-0.4, -0.2) is 52.6 Å². The Kier molecular flexibility index (Phi) is 6.12. The van der Waals surface area contributed by atoms with E-state index in [0.29, 0.717) is 24.5 Å². The fourth-order valence-electron chi connectivity index (χ4n) is 4.27. The summed E-state index contributed by atoms with van der Waals surface area (Å²) in [7, 11) is 1.64. The Balaban J connectivity index is 1.19. The number of nitrogens with zero attached hydrogens (tertiary/aromatic N) is 4. The number of ether oxygens (including phenoxy) is 3. The van der Waals surface area contributed by atoms with Crippen molar-refractivity contribution >= 4 is 5.91 Å². The van der Waals surface area contributed by atoms with Gasteiger partial charge in [0.05, 0.1) is 20.1 Å². The van der Waals surface area contributed by atoms with Crippen molar-refractivity contribution in [1.82, 2.24) is 25.0 Å². The zero-order chi connectivity index (χ0) is 22.6. The van der Waals surface area contributed by atoms with Crippen LogP contribution >= 0.6 is 0 Å². The summed E-state index contributed by atoms with van der Waals surface area (Å²) >= 11 is 0. The highest BCUT2D eigenvalue weighted by molar-refractivity contribution is 5.78. The second-order valence-electron chi connectivity index (χ2n) is 8.18. The number of hydrogen-bond acceptors (Lipinski definition) is 7. The zero-order valence-electron chi connectivity index (χ0n) is 18.6. The van der Waals surface area contributed by atoms with Crippen LogP contribution in [0.5, 0.6) is 17.2 Å². The predicted molar refractivity (Wildman–Crippen MR) is 120 cm³/mol. The van der Waals surface area contributed by atoms with Crippen molar-refractivity contribution in [3.63, 3.8) is 0 Å². The van der Waals surface area contributed by atoms with Gasteiger partial charge in [-0.25, -0.2) is 0 Å². The fraction of sp³-hybridized carbons (Fsp3) is 0.375. The molecule has 9 heteroatoms. The normalized spacial score (nSPS) is 15.1. The van der Waals surface area contributed by atoms with Gasteiger partial charge >= 0.3 is 0 Å². The third-order valence-electron chi connectivity index (χ3n) is 5.97. The van der Waals surface area contributed by atoms with Crippen LogP contribution in [0.2, 0.25) is 0 Å². The number of nitrogens with one attached hydrogen (secondary N) is 1. The van der Waals surface area contributed by atoms with Crippen molar-refractivity contribution in [2.75, 3.05) is 27.0 Å². The highest BCUT2D eigenvalue weighted by Gasteiger charge is 2.23. The van der Waals surface area contributed by atoms with Gasteiger partial charge in [0.15, 0.2) is 17.3 Å². The lowest BCUT2D eigenvalue weighted by Crippen LogP contribution is -2.28. The SMILES string of the molecule is COc1cc(CN2CCc3nnc(CNC(=O)Cc4ccccc4)n3CC2)cc2c1OCO2. The molecule has 0 fully saturated rings. The lowest BCUT2D eigenvalue weighted by Gasteiger charge is -2.20. The summed E-state index contributed by atoms with van der Waals surface area (Å²) in [5.41, 5.74) is 2.10. The molecule has 172 valence electrons. The predicted octanol–water partition coefficient (Wildman–Crippen LogP) is 1.93. The first-order valence-electron chi connectivity index (χ1n) is 11.1. The summed E-state index contributed by atoms with van der Waals surface area (Å²) in [5, 5.41) is 11.7. The summed E-state index contributed by atoms with van der Waals surface area (Å²) in [6.45, 7) is 3.86. The topological polar surface area (TPSA) is 90.7 Å². The number of hydrogen-bond donors (Lipinski definition) is 1. The monoisotopic (exact) mass is 449 g/mol. The molecule has 33 heavy (non-hydrogen) atoms.